The van der Waals surface area contributed by atoms with E-state index in [4.69, 9.17) is 16.3 Å². The zero-order valence-electron chi connectivity index (χ0n) is 18.2. The highest BCUT2D eigenvalue weighted by Gasteiger charge is 2.26. The normalized spacial score (nSPS) is 12.8. The molecule has 0 bridgehead atoms. The molecule has 0 radical (unpaired) electrons. The lowest BCUT2D eigenvalue weighted by Crippen LogP contribution is -2.35. The van der Waals surface area contributed by atoms with E-state index in [1.807, 2.05) is 36.5 Å². The highest BCUT2D eigenvalue weighted by atomic mass is 35.5. The van der Waals surface area contributed by atoms with Gasteiger partial charge < -0.3 is 20.3 Å². The first-order valence-electron chi connectivity index (χ1n) is 10.5. The minimum Gasteiger partial charge on any atom is -0.495 e. The van der Waals surface area contributed by atoms with Crippen molar-refractivity contribution in [3.05, 3.63) is 59.5 Å². The topological polar surface area (TPSA) is 96.7 Å². The molecule has 0 atom stereocenters. The number of fused-ring (bicyclic) bond motifs is 2. The molecular formula is C23H22ClN7O2. The number of carbonyl (C=O) groups excluding carboxylic acids is 1. The molecule has 1 amide bonds. The summed E-state index contributed by atoms with van der Waals surface area (Å²) in [4.78, 5) is 23.3. The van der Waals surface area contributed by atoms with Gasteiger partial charge in [-0.15, -0.1) is 0 Å². The molecule has 1 aliphatic heterocycles. The van der Waals surface area contributed by atoms with Gasteiger partial charge in [0.15, 0.2) is 0 Å². The van der Waals surface area contributed by atoms with Gasteiger partial charge in [-0.2, -0.15) is 5.10 Å². The zero-order valence-corrected chi connectivity index (χ0v) is 18.9. The summed E-state index contributed by atoms with van der Waals surface area (Å²) in [5.41, 5.74) is 4.84. The van der Waals surface area contributed by atoms with Crippen LogP contribution in [0, 0.1) is 0 Å². The number of amides is 1. The third kappa shape index (κ3) is 3.85. The van der Waals surface area contributed by atoms with Crippen LogP contribution in [-0.2, 0) is 11.2 Å². The second-order valence-corrected chi connectivity index (χ2v) is 8.02. The molecule has 5 rings (SSSR count). The second kappa shape index (κ2) is 8.68. The number of hydrogen-bond donors (Lipinski definition) is 2. The Hall–Kier alpha value is -3.69. The Kier molecular flexibility index (Phi) is 5.57. The molecule has 1 aromatic carbocycles. The lowest BCUT2D eigenvalue weighted by atomic mass is 10.1. The van der Waals surface area contributed by atoms with Gasteiger partial charge in [0.1, 0.15) is 5.75 Å². The van der Waals surface area contributed by atoms with Crippen molar-refractivity contribution >= 4 is 40.3 Å². The van der Waals surface area contributed by atoms with E-state index in [0.717, 1.165) is 28.8 Å². The number of nitrogens with zero attached hydrogens (tertiary/aromatic N) is 5. The fourth-order valence-electron chi connectivity index (χ4n) is 4.04. The van der Waals surface area contributed by atoms with Crippen molar-refractivity contribution in [2.45, 2.75) is 6.42 Å². The molecule has 1 aliphatic rings. The predicted octanol–water partition coefficient (Wildman–Crippen LogP) is 3.31. The summed E-state index contributed by atoms with van der Waals surface area (Å²) in [6, 6.07) is 9.65. The highest BCUT2D eigenvalue weighted by molar-refractivity contribution is 6.33. The lowest BCUT2D eigenvalue weighted by molar-refractivity contribution is -0.117. The average Bonchev–Trinajstić information content (AvgIpc) is 3.44. The number of aromatic nitrogens is 4. The van der Waals surface area contributed by atoms with E-state index < -0.39 is 0 Å². The lowest BCUT2D eigenvalue weighted by Gasteiger charge is -2.19. The van der Waals surface area contributed by atoms with Gasteiger partial charge in [0.2, 0.25) is 11.9 Å². The van der Waals surface area contributed by atoms with Crippen molar-refractivity contribution in [2.24, 2.45) is 0 Å². The summed E-state index contributed by atoms with van der Waals surface area (Å²) >= 11 is 6.45. The van der Waals surface area contributed by atoms with Crippen LogP contribution < -0.4 is 20.3 Å². The van der Waals surface area contributed by atoms with Crippen LogP contribution in [0.5, 0.6) is 5.75 Å². The second-order valence-electron chi connectivity index (χ2n) is 7.61. The van der Waals surface area contributed by atoms with Crippen molar-refractivity contribution in [2.75, 3.05) is 37.5 Å². The third-order valence-corrected chi connectivity index (χ3v) is 5.87. The van der Waals surface area contributed by atoms with Crippen LogP contribution >= 0.6 is 11.6 Å². The minimum absolute atomic E-state index is 0.0190. The van der Waals surface area contributed by atoms with E-state index in [-0.39, 0.29) is 12.5 Å². The van der Waals surface area contributed by atoms with E-state index in [9.17, 15) is 4.79 Å². The first kappa shape index (κ1) is 21.2. The van der Waals surface area contributed by atoms with Crippen LogP contribution in [0.4, 0.5) is 17.3 Å². The van der Waals surface area contributed by atoms with Gasteiger partial charge in [0.25, 0.3) is 0 Å². The van der Waals surface area contributed by atoms with Gasteiger partial charge in [0.05, 0.1) is 48.0 Å². The number of likely N-dealkylation sites (N-methyl/N-ethyl adjacent to an activating group) is 1. The highest BCUT2D eigenvalue weighted by Crippen LogP contribution is 2.39. The van der Waals surface area contributed by atoms with Gasteiger partial charge >= 0.3 is 0 Å². The quantitative estimate of drug-likeness (QED) is 0.452. The zero-order chi connectivity index (χ0) is 22.9. The smallest absolute Gasteiger partial charge is 0.240 e. The van der Waals surface area contributed by atoms with Crippen molar-refractivity contribution in [3.8, 4) is 17.0 Å². The summed E-state index contributed by atoms with van der Waals surface area (Å²) in [7, 11) is 3.37. The summed E-state index contributed by atoms with van der Waals surface area (Å²) in [6.07, 6.45) is 5.93. The number of hydrogen-bond acceptors (Lipinski definition) is 7. The molecule has 2 N–H and O–H groups in total. The van der Waals surface area contributed by atoms with Crippen LogP contribution in [0.15, 0.2) is 48.9 Å². The molecule has 168 valence electrons. The Morgan fingerprint density at radius 2 is 2.15 bits per heavy atom. The summed E-state index contributed by atoms with van der Waals surface area (Å²) in [5, 5.41) is 10.9. The minimum atomic E-state index is 0.0190. The van der Waals surface area contributed by atoms with Crippen LogP contribution in [-0.4, -0.2) is 52.7 Å². The van der Waals surface area contributed by atoms with Gasteiger partial charge in [0, 0.05) is 24.0 Å². The number of benzene rings is 1. The molecule has 4 heterocycles. The number of halogens is 1. The molecule has 0 aliphatic carbocycles. The Morgan fingerprint density at radius 1 is 1.27 bits per heavy atom. The predicted molar refractivity (Wildman–Crippen MR) is 127 cm³/mol. The number of carbonyl (C=O) groups is 1. The molecule has 33 heavy (non-hydrogen) atoms. The molecule has 0 saturated carbocycles. The third-order valence-electron chi connectivity index (χ3n) is 5.60. The molecule has 4 aromatic rings. The molecule has 0 fully saturated rings. The van der Waals surface area contributed by atoms with Crippen molar-refractivity contribution in [1.82, 2.24) is 24.9 Å². The number of rotatable bonds is 6. The molecule has 0 unspecified atom stereocenters. The molecule has 9 nitrogen and oxygen atoms in total. The van der Waals surface area contributed by atoms with Crippen LogP contribution in [0.2, 0.25) is 5.02 Å². The van der Waals surface area contributed by atoms with Crippen LogP contribution in [0.25, 0.3) is 16.8 Å². The number of nitrogens with one attached hydrogen (secondary N) is 2. The Bertz CT molecular complexity index is 1350. The van der Waals surface area contributed by atoms with E-state index in [1.54, 1.807) is 36.0 Å². The number of ether oxygens (including phenoxy) is 1. The summed E-state index contributed by atoms with van der Waals surface area (Å²) < 4.78 is 7.36. The molecule has 10 heteroatoms. The number of anilines is 3. The van der Waals surface area contributed by atoms with Gasteiger partial charge in [-0.25, -0.2) is 14.5 Å². The Morgan fingerprint density at radius 3 is 2.97 bits per heavy atom. The number of methoxy groups -OCH3 is 1. The van der Waals surface area contributed by atoms with Gasteiger partial charge in [-0.05, 0) is 43.3 Å². The Balaban J connectivity index is 1.52. The van der Waals surface area contributed by atoms with E-state index >= 15 is 0 Å². The van der Waals surface area contributed by atoms with E-state index in [0.29, 0.717) is 34.6 Å². The molecule has 3 aromatic heterocycles. The van der Waals surface area contributed by atoms with Crippen molar-refractivity contribution in [3.63, 3.8) is 0 Å². The molecular weight excluding hydrogens is 442 g/mol. The standard InChI is InChI=1S/C23H22ClN7O2/c1-25-13-21(32)30-8-6-14-9-20(33-2)17(10-19(14)30)28-23-26-12-16(24)22(29-23)15-11-27-31-7-4-3-5-18(15)31/h3-5,7,9-12,25H,6,8,13H2,1-2H3,(H,26,28,29). The average molecular weight is 464 g/mol. The maximum absolute atomic E-state index is 12.5. The fraction of sp³-hybridized carbons (Fsp3) is 0.217. The maximum Gasteiger partial charge on any atom is 0.240 e. The maximum atomic E-state index is 12.5. The summed E-state index contributed by atoms with van der Waals surface area (Å²) in [5.74, 6) is 1.02. The van der Waals surface area contributed by atoms with Crippen molar-refractivity contribution < 1.29 is 9.53 Å². The Labute approximate surface area is 195 Å². The van der Waals surface area contributed by atoms with E-state index in [2.05, 4.69) is 25.7 Å². The van der Waals surface area contributed by atoms with Crippen LogP contribution in [0.3, 0.4) is 0 Å². The van der Waals surface area contributed by atoms with Gasteiger partial charge in [-0.3, -0.25) is 4.79 Å². The summed E-state index contributed by atoms with van der Waals surface area (Å²) in [6.45, 7) is 0.913. The number of pyridine rings is 1. The monoisotopic (exact) mass is 463 g/mol. The van der Waals surface area contributed by atoms with Crippen molar-refractivity contribution in [1.29, 1.82) is 0 Å². The largest absolute Gasteiger partial charge is 0.495 e. The SMILES string of the molecule is CNCC(=O)N1CCc2cc(OC)c(Nc3ncc(Cl)c(-c4cnn5ccccc45)n3)cc21. The first-order valence-corrected chi connectivity index (χ1v) is 10.8. The molecule has 0 spiro atoms. The van der Waals surface area contributed by atoms with E-state index in [1.165, 1.54) is 0 Å². The first-order chi connectivity index (χ1) is 16.1. The molecule has 0 saturated heterocycles. The fourth-order valence-corrected chi connectivity index (χ4v) is 4.23. The van der Waals surface area contributed by atoms with Crippen LogP contribution in [0.1, 0.15) is 5.56 Å². The van der Waals surface area contributed by atoms with Gasteiger partial charge in [-0.1, -0.05) is 17.7 Å².